The van der Waals surface area contributed by atoms with E-state index in [1.165, 1.54) is 0 Å². The molecule has 3 N–H and O–H groups in total. The van der Waals surface area contributed by atoms with Crippen LogP contribution in [0.25, 0.3) is 0 Å². The first-order chi connectivity index (χ1) is 11.1. The molecule has 1 saturated heterocycles. The lowest BCUT2D eigenvalue weighted by molar-refractivity contribution is -0.140. The fourth-order valence-corrected chi connectivity index (χ4v) is 4.35. The molecule has 23 heavy (non-hydrogen) atoms. The summed E-state index contributed by atoms with van der Waals surface area (Å²) in [7, 11) is 0. The molecule has 7 heteroatoms. The quantitative estimate of drug-likeness (QED) is 0.709. The smallest absolute Gasteiger partial charge is 0.322 e. The zero-order chi connectivity index (χ0) is 16.0. The van der Waals surface area contributed by atoms with E-state index in [9.17, 15) is 9.90 Å². The Morgan fingerprint density at radius 3 is 2.74 bits per heavy atom. The third-order valence-corrected chi connectivity index (χ3v) is 5.55. The molecule has 0 radical (unpaired) electrons. The summed E-state index contributed by atoms with van der Waals surface area (Å²) >= 11 is 6.61. The number of halogens is 1. The fraction of sp³-hybridized carbons (Fsp3) is 0.562. The molecule has 1 aromatic carbocycles. The van der Waals surface area contributed by atoms with Crippen molar-refractivity contribution >= 4 is 17.6 Å². The van der Waals surface area contributed by atoms with Gasteiger partial charge in [-0.2, -0.15) is 0 Å². The number of hydrogen-bond donors (Lipinski definition) is 3. The number of nitrogens with one attached hydrogen (secondary N) is 2. The number of ether oxygens (including phenoxy) is 2. The summed E-state index contributed by atoms with van der Waals surface area (Å²) in [6.45, 7) is 1.11. The summed E-state index contributed by atoms with van der Waals surface area (Å²) in [4.78, 5) is 11.4. The van der Waals surface area contributed by atoms with Gasteiger partial charge in [-0.1, -0.05) is 6.07 Å². The number of alkyl halides is 1. The van der Waals surface area contributed by atoms with Crippen LogP contribution in [0.3, 0.4) is 0 Å². The van der Waals surface area contributed by atoms with Crippen molar-refractivity contribution in [1.82, 2.24) is 10.9 Å². The summed E-state index contributed by atoms with van der Waals surface area (Å²) in [6, 6.07) is 5.45. The molecule has 2 heterocycles. The Bertz CT molecular complexity index is 626. The van der Waals surface area contributed by atoms with E-state index in [1.807, 2.05) is 18.2 Å². The van der Waals surface area contributed by atoms with Crippen LogP contribution in [0.4, 0.5) is 0 Å². The lowest BCUT2D eigenvalue weighted by atomic mass is 9.73. The Kier molecular flexibility index (Phi) is 3.83. The van der Waals surface area contributed by atoms with Gasteiger partial charge in [-0.15, -0.1) is 11.6 Å². The molecular weight excluding hydrogens is 320 g/mol. The van der Waals surface area contributed by atoms with Crippen molar-refractivity contribution in [3.8, 4) is 11.5 Å². The van der Waals surface area contributed by atoms with Crippen LogP contribution in [0.15, 0.2) is 18.2 Å². The van der Waals surface area contributed by atoms with E-state index >= 15 is 0 Å². The minimum atomic E-state index is -0.820. The van der Waals surface area contributed by atoms with Crippen molar-refractivity contribution in [3.63, 3.8) is 0 Å². The molecule has 5 unspecified atom stereocenters. The number of fused-ring (bicyclic) bond motifs is 2. The average Bonchev–Trinajstić information content (AvgIpc) is 2.96. The summed E-state index contributed by atoms with van der Waals surface area (Å²) in [6.07, 6.45) is 1.47. The van der Waals surface area contributed by atoms with Gasteiger partial charge in [0, 0.05) is 23.3 Å². The number of benzene rings is 1. The van der Waals surface area contributed by atoms with E-state index in [0.29, 0.717) is 13.2 Å². The first kappa shape index (κ1) is 15.1. The molecular formula is C16H19ClN2O4. The molecule has 4 rings (SSSR count). The standard InChI is InChI=1S/C16H19ClN2O4/c17-11-7-12-10(15(16(20)21)19-18-12)6-9(11)8-1-2-13-14(5-8)23-4-3-22-13/h1-2,5,9-12,15,18-19H,3-4,6-7H2,(H,20,21). The molecule has 0 amide bonds. The number of rotatable bonds is 2. The summed E-state index contributed by atoms with van der Waals surface area (Å²) in [5.74, 6) is 0.821. The first-order valence-corrected chi connectivity index (χ1v) is 8.34. The largest absolute Gasteiger partial charge is 0.486 e. The maximum atomic E-state index is 11.4. The van der Waals surface area contributed by atoms with Crippen LogP contribution >= 0.6 is 11.6 Å². The molecule has 124 valence electrons. The van der Waals surface area contributed by atoms with Crippen molar-refractivity contribution in [2.75, 3.05) is 13.2 Å². The Labute approximate surface area is 139 Å². The van der Waals surface area contributed by atoms with E-state index in [4.69, 9.17) is 21.1 Å². The fourth-order valence-electron chi connectivity index (χ4n) is 3.91. The predicted molar refractivity (Wildman–Crippen MR) is 84.0 cm³/mol. The van der Waals surface area contributed by atoms with E-state index in [0.717, 1.165) is 29.9 Å². The van der Waals surface area contributed by atoms with Gasteiger partial charge in [0.15, 0.2) is 11.5 Å². The van der Waals surface area contributed by atoms with Crippen molar-refractivity contribution < 1.29 is 19.4 Å². The lowest BCUT2D eigenvalue weighted by Crippen LogP contribution is -2.41. The Hall–Kier alpha value is -1.50. The maximum Gasteiger partial charge on any atom is 0.322 e. The highest BCUT2D eigenvalue weighted by atomic mass is 35.5. The molecule has 1 aliphatic carbocycles. The van der Waals surface area contributed by atoms with E-state index in [2.05, 4.69) is 10.9 Å². The maximum absolute atomic E-state index is 11.4. The Morgan fingerprint density at radius 1 is 1.17 bits per heavy atom. The highest BCUT2D eigenvalue weighted by molar-refractivity contribution is 6.21. The van der Waals surface area contributed by atoms with Gasteiger partial charge in [-0.25, -0.2) is 5.43 Å². The van der Waals surface area contributed by atoms with Crippen LogP contribution in [0, 0.1) is 5.92 Å². The molecule has 3 aliphatic rings. The topological polar surface area (TPSA) is 79.8 Å². The zero-order valence-corrected chi connectivity index (χ0v) is 13.3. The second-order valence-corrected chi connectivity index (χ2v) is 6.93. The summed E-state index contributed by atoms with van der Waals surface area (Å²) in [5, 5.41) is 9.32. The van der Waals surface area contributed by atoms with E-state index in [1.54, 1.807) is 0 Å². The van der Waals surface area contributed by atoms with Crippen molar-refractivity contribution in [2.24, 2.45) is 5.92 Å². The van der Waals surface area contributed by atoms with E-state index < -0.39 is 12.0 Å². The summed E-state index contributed by atoms with van der Waals surface area (Å²) in [5.41, 5.74) is 7.06. The Morgan fingerprint density at radius 2 is 1.96 bits per heavy atom. The molecule has 1 aromatic rings. The highest BCUT2D eigenvalue weighted by Crippen LogP contribution is 2.44. The molecule has 2 fully saturated rings. The molecule has 0 spiro atoms. The van der Waals surface area contributed by atoms with Crippen LogP contribution in [-0.4, -0.2) is 41.8 Å². The highest BCUT2D eigenvalue weighted by Gasteiger charge is 2.47. The van der Waals surface area contributed by atoms with Crippen molar-refractivity contribution in [1.29, 1.82) is 0 Å². The summed E-state index contributed by atoms with van der Waals surface area (Å²) < 4.78 is 11.2. The molecule has 6 nitrogen and oxygen atoms in total. The number of carboxylic acid groups (broad SMARTS) is 1. The lowest BCUT2D eigenvalue weighted by Gasteiger charge is -2.36. The molecule has 5 atom stereocenters. The number of carboxylic acids is 1. The van der Waals surface area contributed by atoms with Crippen molar-refractivity contribution in [3.05, 3.63) is 23.8 Å². The van der Waals surface area contributed by atoms with Gasteiger partial charge in [-0.3, -0.25) is 10.2 Å². The van der Waals surface area contributed by atoms with Crippen LogP contribution < -0.4 is 20.3 Å². The molecule has 2 aliphatic heterocycles. The van der Waals surface area contributed by atoms with Gasteiger partial charge in [0.25, 0.3) is 0 Å². The third-order valence-electron chi connectivity index (χ3n) is 5.07. The molecule has 0 bridgehead atoms. The van der Waals surface area contributed by atoms with Crippen molar-refractivity contribution in [2.45, 2.75) is 36.2 Å². The minimum absolute atomic E-state index is 0.0284. The van der Waals surface area contributed by atoms with Gasteiger partial charge in [-0.05, 0) is 30.5 Å². The van der Waals surface area contributed by atoms with Gasteiger partial charge in [0.2, 0.25) is 0 Å². The number of hydrogen-bond acceptors (Lipinski definition) is 5. The van der Waals surface area contributed by atoms with Gasteiger partial charge >= 0.3 is 5.97 Å². The normalized spacial score (nSPS) is 35.6. The van der Waals surface area contributed by atoms with Gasteiger partial charge in [0.05, 0.1) is 0 Å². The van der Waals surface area contributed by atoms with Crippen LogP contribution in [0.2, 0.25) is 0 Å². The minimum Gasteiger partial charge on any atom is -0.486 e. The Balaban J connectivity index is 1.59. The molecule has 0 aromatic heterocycles. The molecule has 1 saturated carbocycles. The monoisotopic (exact) mass is 338 g/mol. The number of hydrazine groups is 1. The zero-order valence-electron chi connectivity index (χ0n) is 12.5. The number of carbonyl (C=O) groups is 1. The predicted octanol–water partition coefficient (Wildman–Crippen LogP) is 1.49. The first-order valence-electron chi connectivity index (χ1n) is 7.91. The SMILES string of the molecule is O=C(O)C1NNC2CC(Cl)C(c3ccc4c(c3)OCCO4)CC21. The second-order valence-electron chi connectivity index (χ2n) is 6.37. The van der Waals surface area contributed by atoms with Crippen LogP contribution in [0.1, 0.15) is 24.3 Å². The van der Waals surface area contributed by atoms with Crippen LogP contribution in [0.5, 0.6) is 11.5 Å². The third kappa shape index (κ3) is 2.65. The van der Waals surface area contributed by atoms with Gasteiger partial charge < -0.3 is 14.6 Å². The number of aliphatic carboxylic acids is 1. The second kappa shape index (κ2) is 5.85. The van der Waals surface area contributed by atoms with Gasteiger partial charge in [0.1, 0.15) is 19.3 Å². The average molecular weight is 339 g/mol. The van der Waals surface area contributed by atoms with Crippen LogP contribution in [-0.2, 0) is 4.79 Å². The van der Waals surface area contributed by atoms with E-state index in [-0.39, 0.29) is 23.3 Å².